The SMILES string of the molecule is CCOc1ccc(C(C)=O)cc1N1C(=O)[C@@H]2[C@H]3C=C[C@H]([C@H]4C[C@H]34)[C@@H]2C1=O. The second-order valence-corrected chi connectivity index (χ2v) is 7.84. The van der Waals surface area contributed by atoms with Gasteiger partial charge in [0.2, 0.25) is 11.8 Å². The van der Waals surface area contributed by atoms with Gasteiger partial charge in [-0.1, -0.05) is 12.2 Å². The van der Waals surface area contributed by atoms with E-state index in [1.165, 1.54) is 11.8 Å². The van der Waals surface area contributed by atoms with Gasteiger partial charge in [0.15, 0.2) is 5.78 Å². The summed E-state index contributed by atoms with van der Waals surface area (Å²) in [5, 5.41) is 0. The molecule has 1 heterocycles. The number of benzene rings is 1. The molecule has 1 aromatic rings. The lowest BCUT2D eigenvalue weighted by atomic mass is 9.63. The number of nitrogens with zero attached hydrogens (tertiary/aromatic N) is 1. The number of carbonyl (C=O) groups is 3. The maximum absolute atomic E-state index is 13.3. The van der Waals surface area contributed by atoms with Crippen LogP contribution in [0.15, 0.2) is 30.4 Å². The number of hydrogen-bond acceptors (Lipinski definition) is 4. The number of ether oxygens (including phenoxy) is 1. The van der Waals surface area contributed by atoms with E-state index in [1.807, 2.05) is 6.92 Å². The van der Waals surface area contributed by atoms with Gasteiger partial charge in [-0.25, -0.2) is 4.90 Å². The van der Waals surface area contributed by atoms with E-state index in [9.17, 15) is 14.4 Å². The van der Waals surface area contributed by atoms with Crippen LogP contribution < -0.4 is 9.64 Å². The van der Waals surface area contributed by atoms with E-state index >= 15 is 0 Å². The maximum Gasteiger partial charge on any atom is 0.238 e. The number of rotatable bonds is 4. The number of anilines is 1. The first-order chi connectivity index (χ1) is 12.5. The van der Waals surface area contributed by atoms with Crippen molar-refractivity contribution in [2.24, 2.45) is 35.5 Å². The van der Waals surface area contributed by atoms with Crippen molar-refractivity contribution >= 4 is 23.3 Å². The number of carbonyl (C=O) groups excluding carboxylic acids is 3. The Bertz CT molecular complexity index is 837. The van der Waals surface area contributed by atoms with Gasteiger partial charge >= 0.3 is 0 Å². The monoisotopic (exact) mass is 351 g/mol. The predicted molar refractivity (Wildman–Crippen MR) is 94.8 cm³/mol. The van der Waals surface area contributed by atoms with E-state index in [0.29, 0.717) is 35.4 Å². The highest BCUT2D eigenvalue weighted by atomic mass is 16.5. The molecule has 0 radical (unpaired) electrons. The Morgan fingerprint density at radius 3 is 2.27 bits per heavy atom. The molecule has 2 bridgehead atoms. The molecule has 0 aromatic heterocycles. The first kappa shape index (κ1) is 15.8. The highest BCUT2D eigenvalue weighted by Gasteiger charge is 2.67. The first-order valence-electron chi connectivity index (χ1n) is 9.36. The van der Waals surface area contributed by atoms with Crippen molar-refractivity contribution in [3.05, 3.63) is 35.9 Å². The van der Waals surface area contributed by atoms with Crippen molar-refractivity contribution in [1.29, 1.82) is 0 Å². The molecule has 26 heavy (non-hydrogen) atoms. The van der Waals surface area contributed by atoms with Gasteiger partial charge in [-0.15, -0.1) is 0 Å². The van der Waals surface area contributed by atoms with Crippen molar-refractivity contribution < 1.29 is 19.1 Å². The highest BCUT2D eigenvalue weighted by molar-refractivity contribution is 6.23. The van der Waals surface area contributed by atoms with Gasteiger partial charge in [-0.3, -0.25) is 14.4 Å². The Labute approximate surface area is 152 Å². The van der Waals surface area contributed by atoms with Crippen LogP contribution in [0.2, 0.25) is 0 Å². The highest BCUT2D eigenvalue weighted by Crippen LogP contribution is 2.65. The molecule has 1 aliphatic heterocycles. The Kier molecular flexibility index (Phi) is 3.21. The average molecular weight is 351 g/mol. The Morgan fingerprint density at radius 2 is 1.73 bits per heavy atom. The van der Waals surface area contributed by atoms with Crippen molar-refractivity contribution in [2.45, 2.75) is 20.3 Å². The second-order valence-electron chi connectivity index (χ2n) is 7.84. The van der Waals surface area contributed by atoms with E-state index in [4.69, 9.17) is 4.74 Å². The molecule has 1 saturated heterocycles. The summed E-state index contributed by atoms with van der Waals surface area (Å²) in [5.74, 6) is 1.10. The molecule has 1 aromatic carbocycles. The van der Waals surface area contributed by atoms with Crippen LogP contribution in [0.1, 0.15) is 30.6 Å². The summed E-state index contributed by atoms with van der Waals surface area (Å²) in [5.41, 5.74) is 0.889. The topological polar surface area (TPSA) is 63.7 Å². The summed E-state index contributed by atoms with van der Waals surface area (Å²) in [6.45, 7) is 3.75. The lowest BCUT2D eigenvalue weighted by molar-refractivity contribution is -0.124. The summed E-state index contributed by atoms with van der Waals surface area (Å²) < 4.78 is 5.66. The zero-order valence-electron chi connectivity index (χ0n) is 14.8. The third-order valence-electron chi connectivity index (χ3n) is 6.57. The summed E-state index contributed by atoms with van der Waals surface area (Å²) in [4.78, 5) is 39.7. The van der Waals surface area contributed by atoms with E-state index in [1.54, 1.807) is 18.2 Å². The molecule has 5 aliphatic rings. The first-order valence-corrected chi connectivity index (χ1v) is 9.36. The molecule has 5 nitrogen and oxygen atoms in total. The van der Waals surface area contributed by atoms with Crippen LogP contribution in [-0.4, -0.2) is 24.2 Å². The lowest BCUT2D eigenvalue weighted by Crippen LogP contribution is -2.40. The van der Waals surface area contributed by atoms with Gasteiger partial charge in [0, 0.05) is 5.56 Å². The van der Waals surface area contributed by atoms with Crippen LogP contribution in [0.3, 0.4) is 0 Å². The fourth-order valence-electron chi connectivity index (χ4n) is 5.38. The molecule has 6 atom stereocenters. The van der Waals surface area contributed by atoms with Crippen LogP contribution in [0, 0.1) is 35.5 Å². The zero-order chi connectivity index (χ0) is 18.2. The van der Waals surface area contributed by atoms with Crippen molar-refractivity contribution in [2.75, 3.05) is 11.5 Å². The number of amides is 2. The Balaban J connectivity index is 1.59. The van der Waals surface area contributed by atoms with Crippen molar-refractivity contribution in [3.63, 3.8) is 0 Å². The minimum absolute atomic E-state index is 0.103. The summed E-state index contributed by atoms with van der Waals surface area (Å²) >= 11 is 0. The number of hydrogen-bond donors (Lipinski definition) is 0. The molecule has 2 amide bonds. The number of Topliss-reactive ketones (excluding diaryl/α,β-unsaturated/α-hetero) is 1. The zero-order valence-corrected chi connectivity index (χ0v) is 14.8. The molecule has 0 spiro atoms. The van der Waals surface area contributed by atoms with Gasteiger partial charge in [-0.2, -0.15) is 0 Å². The minimum atomic E-state index is -0.253. The molecule has 134 valence electrons. The van der Waals surface area contributed by atoms with E-state index < -0.39 is 0 Å². The van der Waals surface area contributed by atoms with Crippen LogP contribution in [0.5, 0.6) is 5.75 Å². The standard InChI is InChI=1S/C21H21NO4/c1-3-26-17-7-4-11(10(2)23)8-16(17)22-20(24)18-12-5-6-13(15-9-14(12)15)19(18)21(22)25/h4-8,12-15,18-19H,3,9H2,1-2H3/t12-,13+,14-,15-,18+,19-/m1/s1. The Morgan fingerprint density at radius 1 is 1.12 bits per heavy atom. The van der Waals surface area contributed by atoms with Gasteiger partial charge in [-0.05, 0) is 62.1 Å². The molecule has 5 heteroatoms. The molecule has 3 fully saturated rings. The molecule has 6 rings (SSSR count). The molecule has 0 unspecified atom stereocenters. The van der Waals surface area contributed by atoms with Crippen molar-refractivity contribution in [1.82, 2.24) is 0 Å². The van der Waals surface area contributed by atoms with Crippen LogP contribution in [-0.2, 0) is 9.59 Å². The van der Waals surface area contributed by atoms with E-state index in [0.717, 1.165) is 6.42 Å². The lowest BCUT2D eigenvalue weighted by Gasteiger charge is -2.37. The summed E-state index contributed by atoms with van der Waals surface area (Å²) in [7, 11) is 0. The fourth-order valence-corrected chi connectivity index (χ4v) is 5.38. The largest absolute Gasteiger partial charge is 0.492 e. The number of ketones is 1. The smallest absolute Gasteiger partial charge is 0.238 e. The molecule has 0 N–H and O–H groups in total. The normalized spacial score (nSPS) is 36.2. The van der Waals surface area contributed by atoms with Gasteiger partial charge in [0.25, 0.3) is 0 Å². The van der Waals surface area contributed by atoms with Crippen molar-refractivity contribution in [3.8, 4) is 5.75 Å². The molecule has 2 saturated carbocycles. The number of allylic oxidation sites excluding steroid dienone is 2. The van der Waals surface area contributed by atoms with E-state index in [2.05, 4.69) is 12.2 Å². The van der Waals surface area contributed by atoms with Gasteiger partial charge in [0.05, 0.1) is 24.1 Å². The van der Waals surface area contributed by atoms with Crippen LogP contribution >= 0.6 is 0 Å². The fraction of sp³-hybridized carbons (Fsp3) is 0.476. The number of imide groups is 1. The molecular formula is C21H21NO4. The van der Waals surface area contributed by atoms with Gasteiger partial charge in [0.1, 0.15) is 5.75 Å². The maximum atomic E-state index is 13.3. The third-order valence-corrected chi connectivity index (χ3v) is 6.57. The predicted octanol–water partition coefficient (Wildman–Crippen LogP) is 2.85. The molecular weight excluding hydrogens is 330 g/mol. The third kappa shape index (κ3) is 1.94. The quantitative estimate of drug-likeness (QED) is 0.475. The van der Waals surface area contributed by atoms with Crippen LogP contribution in [0.25, 0.3) is 0 Å². The molecule has 4 aliphatic carbocycles. The summed E-state index contributed by atoms with van der Waals surface area (Å²) in [6.07, 6.45) is 5.45. The minimum Gasteiger partial charge on any atom is -0.492 e. The average Bonchev–Trinajstić information content (AvgIpc) is 3.40. The summed E-state index contributed by atoms with van der Waals surface area (Å²) in [6, 6.07) is 4.98. The van der Waals surface area contributed by atoms with E-state index in [-0.39, 0.29) is 41.3 Å². The Hall–Kier alpha value is -2.43. The van der Waals surface area contributed by atoms with Gasteiger partial charge < -0.3 is 4.74 Å². The van der Waals surface area contributed by atoms with Crippen LogP contribution in [0.4, 0.5) is 5.69 Å². The second kappa shape index (κ2) is 5.29.